The van der Waals surface area contributed by atoms with Gasteiger partial charge in [0.1, 0.15) is 0 Å². The summed E-state index contributed by atoms with van der Waals surface area (Å²) in [4.78, 5) is 0. The highest BCUT2D eigenvalue weighted by atomic mass is 14.3. The number of allylic oxidation sites excluding steroid dienone is 4. The van der Waals surface area contributed by atoms with Gasteiger partial charge in [0.25, 0.3) is 0 Å². The van der Waals surface area contributed by atoms with Gasteiger partial charge in [0.2, 0.25) is 0 Å². The van der Waals surface area contributed by atoms with Crippen LogP contribution in [0.5, 0.6) is 0 Å². The van der Waals surface area contributed by atoms with E-state index in [2.05, 4.69) is 19.1 Å². The summed E-state index contributed by atoms with van der Waals surface area (Å²) in [5.74, 6) is 0.884. The van der Waals surface area contributed by atoms with Gasteiger partial charge in [-0.25, -0.2) is 0 Å². The second kappa shape index (κ2) is 1.25. The van der Waals surface area contributed by atoms with Gasteiger partial charge in [-0.05, 0) is 19.8 Å². The molecule has 1 atom stereocenters. The number of hydrogen-bond acceptors (Lipinski definition) is 0. The van der Waals surface area contributed by atoms with Gasteiger partial charge < -0.3 is 0 Å². The molecule has 0 aromatic carbocycles. The van der Waals surface area contributed by atoms with Gasteiger partial charge in [-0.1, -0.05) is 23.3 Å². The third kappa shape index (κ3) is 0.360. The minimum atomic E-state index is 0.884. The Morgan fingerprint density at radius 2 is 2.38 bits per heavy atom. The van der Waals surface area contributed by atoms with Crippen LogP contribution in [0.2, 0.25) is 0 Å². The third-order valence-electron chi connectivity index (χ3n) is 2.28. The van der Waals surface area contributed by atoms with Crippen molar-refractivity contribution in [2.24, 2.45) is 5.92 Å². The van der Waals surface area contributed by atoms with Crippen LogP contribution in [-0.2, 0) is 0 Å². The first kappa shape index (κ1) is 4.37. The van der Waals surface area contributed by atoms with Gasteiger partial charge in [0, 0.05) is 5.92 Å². The molecule has 0 radical (unpaired) electrons. The molecule has 0 amide bonds. The molecule has 0 N–H and O–H groups in total. The standard InChI is InChI=1S/C8H10/c1-6-2-3-7-4-5-8(6)7/h2-3,8H,4-5H2,1H3. The van der Waals surface area contributed by atoms with Crippen molar-refractivity contribution in [2.45, 2.75) is 19.8 Å². The number of hydrogen-bond donors (Lipinski definition) is 0. The third-order valence-corrected chi connectivity index (χ3v) is 2.28. The second-order valence-corrected chi connectivity index (χ2v) is 2.74. The van der Waals surface area contributed by atoms with Crippen LogP contribution in [0.25, 0.3) is 0 Å². The normalized spacial score (nSPS) is 32.9. The van der Waals surface area contributed by atoms with E-state index >= 15 is 0 Å². The van der Waals surface area contributed by atoms with Crippen LogP contribution >= 0.6 is 0 Å². The smallest absolute Gasteiger partial charge is 0.00135 e. The van der Waals surface area contributed by atoms with E-state index in [-0.39, 0.29) is 0 Å². The Bertz CT molecular complexity index is 160. The zero-order chi connectivity index (χ0) is 5.56. The van der Waals surface area contributed by atoms with Crippen LogP contribution < -0.4 is 0 Å². The maximum Gasteiger partial charge on any atom is 0.00135 e. The highest BCUT2D eigenvalue weighted by Crippen LogP contribution is 2.42. The first-order chi connectivity index (χ1) is 3.88. The molecule has 0 aromatic rings. The van der Waals surface area contributed by atoms with Gasteiger partial charge in [0.15, 0.2) is 0 Å². The summed E-state index contributed by atoms with van der Waals surface area (Å²) in [7, 11) is 0. The first-order valence-corrected chi connectivity index (χ1v) is 3.25. The summed E-state index contributed by atoms with van der Waals surface area (Å²) >= 11 is 0. The van der Waals surface area contributed by atoms with Crippen molar-refractivity contribution in [1.82, 2.24) is 0 Å². The van der Waals surface area contributed by atoms with E-state index in [1.807, 2.05) is 0 Å². The molecule has 1 saturated carbocycles. The predicted molar refractivity (Wildman–Crippen MR) is 34.6 cm³/mol. The molecular formula is C8H10. The van der Waals surface area contributed by atoms with Crippen molar-refractivity contribution in [1.29, 1.82) is 0 Å². The second-order valence-electron chi connectivity index (χ2n) is 2.74. The lowest BCUT2D eigenvalue weighted by Gasteiger charge is -2.26. The molecule has 0 bridgehead atoms. The van der Waals surface area contributed by atoms with Crippen LogP contribution in [0.3, 0.4) is 0 Å². The summed E-state index contributed by atoms with van der Waals surface area (Å²) in [6.45, 7) is 2.23. The number of fused-ring (bicyclic) bond motifs is 1. The van der Waals surface area contributed by atoms with Crippen LogP contribution in [-0.4, -0.2) is 0 Å². The van der Waals surface area contributed by atoms with Gasteiger partial charge in [-0.15, -0.1) is 0 Å². The molecule has 0 saturated heterocycles. The average molecular weight is 106 g/mol. The van der Waals surface area contributed by atoms with Crippen molar-refractivity contribution >= 4 is 0 Å². The Hall–Kier alpha value is -0.520. The number of rotatable bonds is 0. The van der Waals surface area contributed by atoms with E-state index in [0.29, 0.717) is 0 Å². The van der Waals surface area contributed by atoms with Gasteiger partial charge in [-0.2, -0.15) is 0 Å². The van der Waals surface area contributed by atoms with Crippen LogP contribution in [0.4, 0.5) is 0 Å². The molecule has 42 valence electrons. The molecule has 2 aliphatic rings. The molecule has 0 nitrogen and oxygen atoms in total. The molecule has 0 heterocycles. The summed E-state index contributed by atoms with van der Waals surface area (Å²) in [5.41, 5.74) is 3.24. The van der Waals surface area contributed by atoms with Crippen molar-refractivity contribution in [3.05, 3.63) is 23.3 Å². The zero-order valence-corrected chi connectivity index (χ0v) is 5.15. The first-order valence-electron chi connectivity index (χ1n) is 3.25. The summed E-state index contributed by atoms with van der Waals surface area (Å²) < 4.78 is 0. The highest BCUT2D eigenvalue weighted by Gasteiger charge is 2.27. The Morgan fingerprint density at radius 3 is 2.62 bits per heavy atom. The van der Waals surface area contributed by atoms with E-state index in [1.54, 1.807) is 11.1 Å². The van der Waals surface area contributed by atoms with Gasteiger partial charge in [-0.3, -0.25) is 0 Å². The largest absolute Gasteiger partial charge is 0.0661 e. The quantitative estimate of drug-likeness (QED) is 0.444. The Labute approximate surface area is 49.9 Å². The fraction of sp³-hybridized carbons (Fsp3) is 0.500. The summed E-state index contributed by atoms with van der Waals surface area (Å²) in [6.07, 6.45) is 7.31. The van der Waals surface area contributed by atoms with Crippen LogP contribution in [0, 0.1) is 5.92 Å². The highest BCUT2D eigenvalue weighted by molar-refractivity contribution is 5.38. The summed E-state index contributed by atoms with van der Waals surface area (Å²) in [5, 5.41) is 0. The topological polar surface area (TPSA) is 0 Å². The molecule has 0 aromatic heterocycles. The van der Waals surface area contributed by atoms with Crippen LogP contribution in [0.15, 0.2) is 23.3 Å². The maximum atomic E-state index is 2.28. The van der Waals surface area contributed by atoms with E-state index in [9.17, 15) is 0 Å². The molecule has 2 rings (SSSR count). The molecule has 0 aliphatic heterocycles. The minimum Gasteiger partial charge on any atom is -0.0661 e. The van der Waals surface area contributed by atoms with Gasteiger partial charge >= 0.3 is 0 Å². The van der Waals surface area contributed by atoms with E-state index in [0.717, 1.165) is 5.92 Å². The van der Waals surface area contributed by atoms with E-state index in [1.165, 1.54) is 12.8 Å². The SMILES string of the molecule is CC1=CC=C2CCC12. The Balaban J connectivity index is 2.30. The maximum absolute atomic E-state index is 2.28. The zero-order valence-electron chi connectivity index (χ0n) is 5.15. The lowest BCUT2D eigenvalue weighted by atomic mass is 9.79. The van der Waals surface area contributed by atoms with Crippen molar-refractivity contribution in [3.8, 4) is 0 Å². The monoisotopic (exact) mass is 106 g/mol. The predicted octanol–water partition coefficient (Wildman–Crippen LogP) is 2.28. The van der Waals surface area contributed by atoms with Crippen molar-refractivity contribution in [2.75, 3.05) is 0 Å². The Morgan fingerprint density at radius 1 is 1.50 bits per heavy atom. The Kier molecular flexibility index (Phi) is 0.682. The fourth-order valence-electron chi connectivity index (χ4n) is 1.53. The molecule has 0 spiro atoms. The van der Waals surface area contributed by atoms with Crippen molar-refractivity contribution in [3.63, 3.8) is 0 Å². The minimum absolute atomic E-state index is 0.884. The lowest BCUT2D eigenvalue weighted by molar-refractivity contribution is 0.518. The van der Waals surface area contributed by atoms with Gasteiger partial charge in [0.05, 0.1) is 0 Å². The average Bonchev–Trinajstić information content (AvgIpc) is 1.80. The molecule has 8 heavy (non-hydrogen) atoms. The fourth-order valence-corrected chi connectivity index (χ4v) is 1.53. The van der Waals surface area contributed by atoms with E-state index < -0.39 is 0 Å². The van der Waals surface area contributed by atoms with E-state index in [4.69, 9.17) is 0 Å². The molecule has 1 unspecified atom stereocenters. The van der Waals surface area contributed by atoms with Crippen molar-refractivity contribution < 1.29 is 0 Å². The lowest BCUT2D eigenvalue weighted by Crippen LogP contribution is -2.12. The molecule has 2 aliphatic carbocycles. The van der Waals surface area contributed by atoms with Crippen LogP contribution in [0.1, 0.15) is 19.8 Å². The molecular weight excluding hydrogens is 96.1 g/mol. The molecule has 0 heteroatoms. The summed E-state index contributed by atoms with van der Waals surface area (Å²) in [6, 6.07) is 0. The molecule has 1 fully saturated rings.